The van der Waals surface area contributed by atoms with Crippen LogP contribution in [0.15, 0.2) is 29.4 Å². The largest absolute Gasteiger partial charge is 0.484 e. The van der Waals surface area contributed by atoms with Gasteiger partial charge in [0, 0.05) is 10.7 Å². The van der Waals surface area contributed by atoms with E-state index in [1.165, 1.54) is 6.42 Å². The molecule has 1 N–H and O–H groups in total. The van der Waals surface area contributed by atoms with Crippen molar-refractivity contribution in [1.29, 1.82) is 0 Å². The molecule has 2 rings (SSSR count). The van der Waals surface area contributed by atoms with Crippen LogP contribution in [0.4, 0.5) is 0 Å². The van der Waals surface area contributed by atoms with Gasteiger partial charge in [0.2, 0.25) is 0 Å². The van der Waals surface area contributed by atoms with Gasteiger partial charge in [0.15, 0.2) is 6.61 Å². The Morgan fingerprint density at radius 2 is 1.89 bits per heavy atom. The summed E-state index contributed by atoms with van der Waals surface area (Å²) in [5, 5.41) is 4.76. The van der Waals surface area contributed by atoms with Crippen molar-refractivity contribution in [3.8, 4) is 5.75 Å². The highest BCUT2D eigenvalue weighted by Gasteiger charge is 2.07. The maximum absolute atomic E-state index is 11.6. The van der Waals surface area contributed by atoms with Gasteiger partial charge >= 0.3 is 0 Å². The van der Waals surface area contributed by atoms with Crippen LogP contribution in [0.1, 0.15) is 32.1 Å². The molecule has 0 radical (unpaired) electrons. The number of nitrogens with zero attached hydrogens (tertiary/aromatic N) is 1. The summed E-state index contributed by atoms with van der Waals surface area (Å²) >= 11 is 5.76. The van der Waals surface area contributed by atoms with E-state index in [1.807, 2.05) is 0 Å². The van der Waals surface area contributed by atoms with E-state index in [1.54, 1.807) is 24.3 Å². The first-order valence-corrected chi connectivity index (χ1v) is 6.84. The van der Waals surface area contributed by atoms with Crippen molar-refractivity contribution in [2.45, 2.75) is 32.1 Å². The van der Waals surface area contributed by atoms with E-state index in [0.717, 1.165) is 31.4 Å². The number of halogens is 1. The predicted octanol–water partition coefficient (Wildman–Crippen LogP) is 3.16. The lowest BCUT2D eigenvalue weighted by Crippen LogP contribution is -2.26. The molecular weight excluding hydrogens is 264 g/mol. The van der Waals surface area contributed by atoms with Gasteiger partial charge in [-0.2, -0.15) is 5.10 Å². The van der Waals surface area contributed by atoms with E-state index >= 15 is 0 Å². The Kier molecular flexibility index (Phi) is 5.21. The number of ether oxygens (including phenoxy) is 1. The molecule has 1 aromatic carbocycles. The fourth-order valence-corrected chi connectivity index (χ4v) is 2.05. The van der Waals surface area contributed by atoms with Crippen molar-refractivity contribution in [2.75, 3.05) is 6.61 Å². The highest BCUT2D eigenvalue weighted by atomic mass is 35.5. The molecule has 4 nitrogen and oxygen atoms in total. The summed E-state index contributed by atoms with van der Waals surface area (Å²) in [6, 6.07) is 6.89. The molecule has 0 unspecified atom stereocenters. The minimum Gasteiger partial charge on any atom is -0.484 e. The van der Waals surface area contributed by atoms with Crippen LogP contribution >= 0.6 is 11.6 Å². The minimum atomic E-state index is -0.243. The third-order valence-corrected chi connectivity index (χ3v) is 3.20. The van der Waals surface area contributed by atoms with E-state index in [2.05, 4.69) is 10.5 Å². The molecule has 1 saturated carbocycles. The van der Waals surface area contributed by atoms with Gasteiger partial charge in [0.05, 0.1) is 0 Å². The second kappa shape index (κ2) is 7.14. The monoisotopic (exact) mass is 280 g/mol. The summed E-state index contributed by atoms with van der Waals surface area (Å²) in [6.07, 6.45) is 5.55. The van der Waals surface area contributed by atoms with Crippen LogP contribution in [-0.2, 0) is 4.79 Å². The van der Waals surface area contributed by atoms with Gasteiger partial charge in [0.1, 0.15) is 5.75 Å². The van der Waals surface area contributed by atoms with E-state index < -0.39 is 0 Å². The van der Waals surface area contributed by atoms with Gasteiger partial charge in [-0.1, -0.05) is 18.0 Å². The maximum atomic E-state index is 11.6. The quantitative estimate of drug-likeness (QED) is 0.862. The van der Waals surface area contributed by atoms with Crippen LogP contribution in [0.5, 0.6) is 5.75 Å². The summed E-state index contributed by atoms with van der Waals surface area (Å²) < 4.78 is 5.32. The van der Waals surface area contributed by atoms with E-state index in [4.69, 9.17) is 16.3 Å². The second-order valence-corrected chi connectivity index (χ2v) is 4.95. The van der Waals surface area contributed by atoms with Crippen LogP contribution in [-0.4, -0.2) is 18.2 Å². The topological polar surface area (TPSA) is 50.7 Å². The fourth-order valence-electron chi connectivity index (χ4n) is 1.93. The average molecular weight is 281 g/mol. The van der Waals surface area contributed by atoms with Crippen LogP contribution in [0.25, 0.3) is 0 Å². The molecule has 0 spiro atoms. The van der Waals surface area contributed by atoms with Crippen LogP contribution in [0, 0.1) is 0 Å². The molecule has 0 heterocycles. The molecule has 0 aromatic heterocycles. The normalized spacial score (nSPS) is 14.9. The molecule has 1 amide bonds. The SMILES string of the molecule is O=C(COc1ccc(Cl)cc1)NN=C1CCCCC1. The molecule has 1 aliphatic carbocycles. The first-order chi connectivity index (χ1) is 9.24. The number of nitrogens with one attached hydrogen (secondary N) is 1. The Morgan fingerprint density at radius 3 is 2.58 bits per heavy atom. The smallest absolute Gasteiger partial charge is 0.277 e. The van der Waals surface area contributed by atoms with Crippen molar-refractivity contribution < 1.29 is 9.53 Å². The molecule has 0 saturated heterocycles. The molecule has 0 bridgehead atoms. The van der Waals surface area contributed by atoms with Crippen LogP contribution < -0.4 is 10.2 Å². The van der Waals surface area contributed by atoms with Crippen molar-refractivity contribution in [3.05, 3.63) is 29.3 Å². The van der Waals surface area contributed by atoms with Gasteiger partial charge in [-0.25, -0.2) is 5.43 Å². The molecule has 1 aromatic rings. The summed E-state index contributed by atoms with van der Waals surface area (Å²) in [7, 11) is 0. The number of amides is 1. The predicted molar refractivity (Wildman–Crippen MR) is 75.6 cm³/mol. The summed E-state index contributed by atoms with van der Waals surface area (Å²) in [5.41, 5.74) is 3.61. The molecule has 1 fully saturated rings. The number of carbonyl (C=O) groups excluding carboxylic acids is 1. The zero-order chi connectivity index (χ0) is 13.5. The Bertz CT molecular complexity index is 449. The van der Waals surface area contributed by atoms with Crippen molar-refractivity contribution in [2.24, 2.45) is 5.10 Å². The van der Waals surface area contributed by atoms with E-state index in [-0.39, 0.29) is 12.5 Å². The Balaban J connectivity index is 1.73. The first-order valence-electron chi connectivity index (χ1n) is 6.47. The molecule has 0 atom stereocenters. The lowest BCUT2D eigenvalue weighted by Gasteiger charge is -2.12. The van der Waals surface area contributed by atoms with Crippen LogP contribution in [0.3, 0.4) is 0 Å². The Morgan fingerprint density at radius 1 is 1.21 bits per heavy atom. The Labute approximate surface area is 117 Å². The number of carbonyl (C=O) groups is 1. The standard InChI is InChI=1S/C14H17ClN2O2/c15-11-6-8-13(9-7-11)19-10-14(18)17-16-12-4-2-1-3-5-12/h6-9H,1-5,10H2,(H,17,18). The highest BCUT2D eigenvalue weighted by Crippen LogP contribution is 2.15. The van der Waals surface area contributed by atoms with Gasteiger partial charge in [0.25, 0.3) is 5.91 Å². The van der Waals surface area contributed by atoms with Crippen molar-refractivity contribution in [3.63, 3.8) is 0 Å². The van der Waals surface area contributed by atoms with E-state index in [9.17, 15) is 4.79 Å². The lowest BCUT2D eigenvalue weighted by atomic mass is 9.99. The number of hydrogen-bond donors (Lipinski definition) is 1. The zero-order valence-electron chi connectivity index (χ0n) is 10.7. The molecule has 1 aliphatic rings. The average Bonchev–Trinajstić information content (AvgIpc) is 2.45. The first kappa shape index (κ1) is 13.9. The van der Waals surface area contributed by atoms with Gasteiger partial charge in [-0.3, -0.25) is 4.79 Å². The Hall–Kier alpha value is -1.55. The molecule has 5 heteroatoms. The van der Waals surface area contributed by atoms with Crippen LogP contribution in [0.2, 0.25) is 5.02 Å². The minimum absolute atomic E-state index is 0.0432. The maximum Gasteiger partial charge on any atom is 0.277 e. The van der Waals surface area contributed by atoms with Gasteiger partial charge in [-0.05, 0) is 49.9 Å². The summed E-state index contributed by atoms with van der Waals surface area (Å²) in [5.74, 6) is 0.373. The van der Waals surface area contributed by atoms with Gasteiger partial charge in [-0.15, -0.1) is 0 Å². The molecule has 102 valence electrons. The van der Waals surface area contributed by atoms with E-state index in [0.29, 0.717) is 10.8 Å². The highest BCUT2D eigenvalue weighted by molar-refractivity contribution is 6.30. The van der Waals surface area contributed by atoms with Crippen molar-refractivity contribution in [1.82, 2.24) is 5.43 Å². The summed E-state index contributed by atoms with van der Waals surface area (Å²) in [6.45, 7) is -0.0432. The second-order valence-electron chi connectivity index (χ2n) is 4.52. The summed E-state index contributed by atoms with van der Waals surface area (Å²) in [4.78, 5) is 11.6. The molecule has 19 heavy (non-hydrogen) atoms. The number of hydrogen-bond acceptors (Lipinski definition) is 3. The third kappa shape index (κ3) is 4.91. The number of hydrazone groups is 1. The lowest BCUT2D eigenvalue weighted by molar-refractivity contribution is -0.123. The molecule has 0 aliphatic heterocycles. The fraction of sp³-hybridized carbons (Fsp3) is 0.429. The number of rotatable bonds is 4. The van der Waals surface area contributed by atoms with Gasteiger partial charge < -0.3 is 4.74 Å². The zero-order valence-corrected chi connectivity index (χ0v) is 11.4. The number of benzene rings is 1. The van der Waals surface area contributed by atoms with Crippen molar-refractivity contribution >= 4 is 23.2 Å². The third-order valence-electron chi connectivity index (χ3n) is 2.95. The molecular formula is C14H17ClN2O2.